The molecule has 0 aliphatic carbocycles. The van der Waals surface area contributed by atoms with E-state index < -0.39 is 5.97 Å². The summed E-state index contributed by atoms with van der Waals surface area (Å²) in [5, 5.41) is 12.3. The van der Waals surface area contributed by atoms with Crippen LogP contribution in [-0.4, -0.2) is 39.5 Å². The summed E-state index contributed by atoms with van der Waals surface area (Å²) in [6, 6.07) is 9.73. The lowest BCUT2D eigenvalue weighted by molar-refractivity contribution is -0.113. The number of methoxy groups -OCH3 is 1. The Morgan fingerprint density at radius 2 is 1.89 bits per heavy atom. The van der Waals surface area contributed by atoms with Crippen LogP contribution in [-0.2, 0) is 9.53 Å². The molecule has 0 saturated carbocycles. The molecule has 1 N–H and O–H groups in total. The van der Waals surface area contributed by atoms with Crippen molar-refractivity contribution in [1.82, 2.24) is 14.8 Å². The fraction of sp³-hybridized carbons (Fsp3) is 0.263. The van der Waals surface area contributed by atoms with Gasteiger partial charge in [-0.25, -0.2) is 4.79 Å². The van der Waals surface area contributed by atoms with Crippen LogP contribution >= 0.6 is 23.1 Å². The summed E-state index contributed by atoms with van der Waals surface area (Å²) < 4.78 is 6.74. The van der Waals surface area contributed by atoms with Gasteiger partial charge in [0.05, 0.1) is 18.4 Å². The predicted octanol–water partition coefficient (Wildman–Crippen LogP) is 3.77. The number of anilines is 1. The zero-order valence-corrected chi connectivity index (χ0v) is 17.6. The Kier molecular flexibility index (Phi) is 6.15. The highest BCUT2D eigenvalue weighted by atomic mass is 32.2. The summed E-state index contributed by atoms with van der Waals surface area (Å²) in [5.41, 5.74) is 2.16. The average molecular weight is 417 g/mol. The first-order valence-corrected chi connectivity index (χ1v) is 10.3. The Balaban J connectivity index is 1.73. The lowest BCUT2D eigenvalue weighted by Gasteiger charge is -2.08. The molecule has 0 fully saturated rings. The van der Waals surface area contributed by atoms with Crippen LogP contribution in [0.2, 0.25) is 0 Å². The van der Waals surface area contributed by atoms with Crippen molar-refractivity contribution in [3.63, 3.8) is 0 Å². The zero-order chi connectivity index (χ0) is 20.3. The number of nitrogens with zero attached hydrogens (tertiary/aromatic N) is 3. The van der Waals surface area contributed by atoms with Gasteiger partial charge in [-0.1, -0.05) is 30.0 Å². The van der Waals surface area contributed by atoms with Gasteiger partial charge in [-0.3, -0.25) is 9.36 Å². The minimum atomic E-state index is -0.454. The van der Waals surface area contributed by atoms with E-state index in [4.69, 9.17) is 4.74 Å². The fourth-order valence-corrected chi connectivity index (χ4v) is 4.53. The van der Waals surface area contributed by atoms with Crippen LogP contribution in [0.15, 0.2) is 35.5 Å². The highest BCUT2D eigenvalue weighted by Gasteiger charge is 2.22. The van der Waals surface area contributed by atoms with Crippen LogP contribution in [0.5, 0.6) is 0 Å². The molecule has 0 saturated heterocycles. The fourth-order valence-electron chi connectivity index (χ4n) is 2.67. The summed E-state index contributed by atoms with van der Waals surface area (Å²) in [6.45, 7) is 5.61. The van der Waals surface area contributed by atoms with Crippen molar-refractivity contribution in [3.05, 3.63) is 52.2 Å². The minimum Gasteiger partial charge on any atom is -0.465 e. The van der Waals surface area contributed by atoms with Crippen molar-refractivity contribution in [2.45, 2.75) is 25.9 Å². The van der Waals surface area contributed by atoms with Gasteiger partial charge in [0, 0.05) is 10.6 Å². The summed E-state index contributed by atoms with van der Waals surface area (Å²) in [5.74, 6) is 0.203. The van der Waals surface area contributed by atoms with Crippen LogP contribution in [0.25, 0.3) is 5.69 Å². The number of thiophene rings is 1. The number of nitrogens with one attached hydrogen (secondary N) is 1. The van der Waals surface area contributed by atoms with E-state index >= 15 is 0 Å². The number of para-hydroxylation sites is 1. The second-order valence-corrected chi connectivity index (χ2v) is 8.18. The molecule has 0 spiro atoms. The first-order valence-electron chi connectivity index (χ1n) is 8.50. The largest absolute Gasteiger partial charge is 0.465 e. The normalized spacial score (nSPS) is 10.7. The molecule has 9 heteroatoms. The molecular formula is C19H20N4O3S2. The second kappa shape index (κ2) is 8.57. The van der Waals surface area contributed by atoms with Gasteiger partial charge in [-0.2, -0.15) is 0 Å². The molecule has 1 amide bonds. The SMILES string of the molecule is COC(=O)c1c(NC(=O)CSc2nnc(C)n2-c2ccccc2)sc(C)c1C. The number of carbonyl (C=O) groups excluding carboxylic acids is 2. The zero-order valence-electron chi connectivity index (χ0n) is 16.0. The van der Waals surface area contributed by atoms with Gasteiger partial charge < -0.3 is 10.1 Å². The number of aryl methyl sites for hydroxylation is 2. The standard InChI is InChI=1S/C19H20N4O3S2/c1-11-12(2)28-17(16(11)18(25)26-4)20-15(24)10-27-19-22-21-13(3)23(19)14-8-6-5-7-9-14/h5-9H,10H2,1-4H3,(H,20,24). The third-order valence-corrected chi connectivity index (χ3v) is 6.22. The topological polar surface area (TPSA) is 86.1 Å². The molecule has 0 aliphatic heterocycles. The second-order valence-electron chi connectivity index (χ2n) is 6.02. The van der Waals surface area contributed by atoms with Gasteiger partial charge in [0.2, 0.25) is 5.91 Å². The number of amides is 1. The Hall–Kier alpha value is -2.65. The lowest BCUT2D eigenvalue weighted by Crippen LogP contribution is -2.16. The van der Waals surface area contributed by atoms with E-state index in [-0.39, 0.29) is 11.7 Å². The highest BCUT2D eigenvalue weighted by molar-refractivity contribution is 7.99. The van der Waals surface area contributed by atoms with E-state index in [0.29, 0.717) is 15.7 Å². The van der Waals surface area contributed by atoms with Crippen molar-refractivity contribution in [3.8, 4) is 5.69 Å². The number of esters is 1. The number of hydrogen-bond donors (Lipinski definition) is 1. The van der Waals surface area contributed by atoms with Crippen LogP contribution in [0.3, 0.4) is 0 Å². The van der Waals surface area contributed by atoms with E-state index in [9.17, 15) is 9.59 Å². The number of aromatic nitrogens is 3. The van der Waals surface area contributed by atoms with Crippen molar-refractivity contribution in [2.24, 2.45) is 0 Å². The molecule has 7 nitrogen and oxygen atoms in total. The summed E-state index contributed by atoms with van der Waals surface area (Å²) in [7, 11) is 1.33. The Morgan fingerprint density at radius 1 is 1.18 bits per heavy atom. The number of thioether (sulfide) groups is 1. The summed E-state index contributed by atoms with van der Waals surface area (Å²) >= 11 is 2.65. The van der Waals surface area contributed by atoms with Crippen molar-refractivity contribution < 1.29 is 14.3 Å². The van der Waals surface area contributed by atoms with Crippen LogP contribution < -0.4 is 5.32 Å². The monoisotopic (exact) mass is 416 g/mol. The van der Waals surface area contributed by atoms with Crippen LogP contribution in [0, 0.1) is 20.8 Å². The first kappa shape index (κ1) is 20.1. The molecule has 2 aromatic heterocycles. The third kappa shape index (κ3) is 4.10. The molecule has 0 atom stereocenters. The van der Waals surface area contributed by atoms with Crippen molar-refractivity contribution in [1.29, 1.82) is 0 Å². The van der Waals surface area contributed by atoms with Gasteiger partial charge in [0.25, 0.3) is 0 Å². The van der Waals surface area contributed by atoms with Crippen LogP contribution in [0.1, 0.15) is 26.6 Å². The quantitative estimate of drug-likeness (QED) is 0.486. The minimum absolute atomic E-state index is 0.140. The van der Waals surface area contributed by atoms with Crippen LogP contribution in [0.4, 0.5) is 5.00 Å². The van der Waals surface area contributed by atoms with E-state index in [1.807, 2.05) is 55.7 Å². The molecule has 2 heterocycles. The molecule has 0 radical (unpaired) electrons. The highest BCUT2D eigenvalue weighted by Crippen LogP contribution is 2.33. The van der Waals surface area contributed by atoms with Gasteiger partial charge in [-0.15, -0.1) is 21.5 Å². The van der Waals surface area contributed by atoms with Crippen molar-refractivity contribution >= 4 is 40.0 Å². The molecule has 0 unspecified atom stereocenters. The maximum atomic E-state index is 12.5. The molecular weight excluding hydrogens is 396 g/mol. The van der Waals surface area contributed by atoms with E-state index in [2.05, 4.69) is 15.5 Å². The maximum absolute atomic E-state index is 12.5. The lowest BCUT2D eigenvalue weighted by atomic mass is 10.1. The predicted molar refractivity (Wildman–Crippen MR) is 111 cm³/mol. The first-order chi connectivity index (χ1) is 13.4. The molecule has 1 aromatic carbocycles. The average Bonchev–Trinajstić information content (AvgIpc) is 3.19. The number of ether oxygens (including phenoxy) is 1. The number of hydrogen-bond acceptors (Lipinski definition) is 7. The molecule has 3 aromatic rings. The third-order valence-electron chi connectivity index (χ3n) is 4.17. The van der Waals surface area contributed by atoms with Gasteiger partial charge >= 0.3 is 5.97 Å². The van der Waals surface area contributed by atoms with Gasteiger partial charge in [0.1, 0.15) is 10.8 Å². The number of carbonyl (C=O) groups is 2. The van der Waals surface area contributed by atoms with Crippen molar-refractivity contribution in [2.75, 3.05) is 18.2 Å². The Morgan fingerprint density at radius 3 is 2.57 bits per heavy atom. The number of rotatable bonds is 6. The summed E-state index contributed by atoms with van der Waals surface area (Å²) in [4.78, 5) is 25.5. The molecule has 146 valence electrons. The Labute approximate surface area is 171 Å². The van der Waals surface area contributed by atoms with Gasteiger partial charge in [0.15, 0.2) is 5.16 Å². The summed E-state index contributed by atoms with van der Waals surface area (Å²) in [6.07, 6.45) is 0. The van der Waals surface area contributed by atoms with E-state index in [1.165, 1.54) is 30.2 Å². The number of benzene rings is 1. The molecule has 28 heavy (non-hydrogen) atoms. The van der Waals surface area contributed by atoms with E-state index in [1.54, 1.807) is 0 Å². The Bertz CT molecular complexity index is 1010. The maximum Gasteiger partial charge on any atom is 0.341 e. The molecule has 0 bridgehead atoms. The smallest absolute Gasteiger partial charge is 0.341 e. The molecule has 3 rings (SSSR count). The van der Waals surface area contributed by atoms with Gasteiger partial charge in [-0.05, 0) is 38.5 Å². The van der Waals surface area contributed by atoms with E-state index in [0.717, 1.165) is 22.0 Å². The molecule has 0 aliphatic rings.